The monoisotopic (exact) mass is 298 g/mol. The second kappa shape index (κ2) is 8.08. The average molecular weight is 298 g/mol. The number of likely N-dealkylation sites (N-methyl/N-ethyl adjacent to an activating group) is 1. The van der Waals surface area contributed by atoms with Crippen LogP contribution in [0.1, 0.15) is 13.8 Å². The van der Waals surface area contributed by atoms with E-state index in [0.717, 1.165) is 30.3 Å². The van der Waals surface area contributed by atoms with E-state index in [9.17, 15) is 4.79 Å². The summed E-state index contributed by atoms with van der Waals surface area (Å²) in [6, 6.07) is 17.2. The highest BCUT2D eigenvalue weighted by molar-refractivity contribution is 5.80. The highest BCUT2D eigenvalue weighted by Crippen LogP contribution is 2.22. The largest absolute Gasteiger partial charge is 0.457 e. The fraction of sp³-hybridized carbons (Fsp3) is 0.278. The summed E-state index contributed by atoms with van der Waals surface area (Å²) in [5.41, 5.74) is 0.904. The highest BCUT2D eigenvalue weighted by Gasteiger charge is 2.08. The molecule has 0 aliphatic rings. The number of amides is 1. The van der Waals surface area contributed by atoms with Gasteiger partial charge in [-0.05, 0) is 50.2 Å². The Morgan fingerprint density at radius 1 is 0.955 bits per heavy atom. The van der Waals surface area contributed by atoms with Crippen LogP contribution < -0.4 is 10.1 Å². The van der Waals surface area contributed by atoms with Gasteiger partial charge in [-0.25, -0.2) is 0 Å². The predicted molar refractivity (Wildman–Crippen MR) is 89.4 cm³/mol. The Morgan fingerprint density at radius 3 is 2.14 bits per heavy atom. The van der Waals surface area contributed by atoms with E-state index in [1.807, 2.05) is 68.4 Å². The van der Waals surface area contributed by atoms with E-state index in [0.29, 0.717) is 6.54 Å². The Labute approximate surface area is 131 Å². The molecule has 0 saturated carbocycles. The molecule has 0 aromatic heterocycles. The Balaban J connectivity index is 1.88. The maximum absolute atomic E-state index is 11.9. The quantitative estimate of drug-likeness (QED) is 0.846. The summed E-state index contributed by atoms with van der Waals surface area (Å²) in [5, 5.41) is 3.14. The zero-order valence-electron chi connectivity index (χ0n) is 13.1. The summed E-state index contributed by atoms with van der Waals surface area (Å²) < 4.78 is 5.73. The fourth-order valence-corrected chi connectivity index (χ4v) is 2.13. The highest BCUT2D eigenvalue weighted by atomic mass is 16.5. The molecule has 0 unspecified atom stereocenters. The molecule has 2 aromatic rings. The number of hydrogen-bond donors (Lipinski definition) is 1. The van der Waals surface area contributed by atoms with Gasteiger partial charge in [0.1, 0.15) is 11.5 Å². The SMILES string of the molecule is CCN(CC)C(=O)CNc1ccc(Oc2ccccc2)cc1. The van der Waals surface area contributed by atoms with Crippen LogP contribution in [-0.2, 0) is 4.79 Å². The minimum Gasteiger partial charge on any atom is -0.457 e. The van der Waals surface area contributed by atoms with Gasteiger partial charge in [0.15, 0.2) is 0 Å². The maximum Gasteiger partial charge on any atom is 0.241 e. The van der Waals surface area contributed by atoms with Crippen molar-refractivity contribution in [2.24, 2.45) is 0 Å². The molecule has 0 bridgehead atoms. The molecule has 0 spiro atoms. The van der Waals surface area contributed by atoms with Crippen molar-refractivity contribution in [2.45, 2.75) is 13.8 Å². The molecular formula is C18H22N2O2. The molecule has 1 amide bonds. The zero-order valence-corrected chi connectivity index (χ0v) is 13.1. The lowest BCUT2D eigenvalue weighted by Gasteiger charge is -2.19. The van der Waals surface area contributed by atoms with Gasteiger partial charge in [0.05, 0.1) is 6.54 Å². The summed E-state index contributed by atoms with van der Waals surface area (Å²) in [6.07, 6.45) is 0. The topological polar surface area (TPSA) is 41.6 Å². The summed E-state index contributed by atoms with van der Waals surface area (Å²) in [5.74, 6) is 1.68. The number of para-hydroxylation sites is 1. The first-order valence-electron chi connectivity index (χ1n) is 7.57. The van der Waals surface area contributed by atoms with Crippen LogP contribution in [-0.4, -0.2) is 30.4 Å². The first-order valence-corrected chi connectivity index (χ1v) is 7.57. The standard InChI is InChI=1S/C18H22N2O2/c1-3-20(4-2)18(21)14-19-15-10-12-17(13-11-15)22-16-8-6-5-7-9-16/h5-13,19H,3-4,14H2,1-2H3. The van der Waals surface area contributed by atoms with Crippen LogP contribution in [0.3, 0.4) is 0 Å². The number of ether oxygens (including phenoxy) is 1. The summed E-state index contributed by atoms with van der Waals surface area (Å²) in [7, 11) is 0. The van der Waals surface area contributed by atoms with E-state index in [4.69, 9.17) is 4.74 Å². The summed E-state index contributed by atoms with van der Waals surface area (Å²) in [4.78, 5) is 13.7. The number of hydrogen-bond acceptors (Lipinski definition) is 3. The third kappa shape index (κ3) is 4.52. The van der Waals surface area contributed by atoms with Crippen LogP contribution in [0, 0.1) is 0 Å². The van der Waals surface area contributed by atoms with Crippen LogP contribution in [0.5, 0.6) is 11.5 Å². The van der Waals surface area contributed by atoms with Crippen molar-refractivity contribution < 1.29 is 9.53 Å². The van der Waals surface area contributed by atoms with Crippen molar-refractivity contribution >= 4 is 11.6 Å². The third-order valence-corrected chi connectivity index (χ3v) is 3.39. The van der Waals surface area contributed by atoms with Crippen LogP contribution in [0.15, 0.2) is 54.6 Å². The fourth-order valence-electron chi connectivity index (χ4n) is 2.13. The Kier molecular flexibility index (Phi) is 5.83. The van der Waals surface area contributed by atoms with Crippen molar-refractivity contribution in [3.05, 3.63) is 54.6 Å². The molecule has 4 nitrogen and oxygen atoms in total. The van der Waals surface area contributed by atoms with Gasteiger partial charge in [-0.15, -0.1) is 0 Å². The van der Waals surface area contributed by atoms with Crippen LogP contribution in [0.2, 0.25) is 0 Å². The number of rotatable bonds is 7. The van der Waals surface area contributed by atoms with Crippen molar-refractivity contribution in [3.63, 3.8) is 0 Å². The predicted octanol–water partition coefficient (Wildman–Crippen LogP) is 3.76. The number of nitrogens with one attached hydrogen (secondary N) is 1. The molecule has 0 fully saturated rings. The van der Waals surface area contributed by atoms with Gasteiger partial charge in [-0.2, -0.15) is 0 Å². The van der Waals surface area contributed by atoms with Crippen LogP contribution >= 0.6 is 0 Å². The molecule has 0 aliphatic heterocycles. The van der Waals surface area contributed by atoms with E-state index < -0.39 is 0 Å². The zero-order chi connectivity index (χ0) is 15.8. The Hall–Kier alpha value is -2.49. The lowest BCUT2D eigenvalue weighted by atomic mass is 10.3. The molecule has 0 radical (unpaired) electrons. The van der Waals surface area contributed by atoms with Crippen LogP contribution in [0.25, 0.3) is 0 Å². The third-order valence-electron chi connectivity index (χ3n) is 3.39. The van der Waals surface area contributed by atoms with Gasteiger partial charge in [0, 0.05) is 18.8 Å². The molecule has 1 N–H and O–H groups in total. The Morgan fingerprint density at radius 2 is 1.55 bits per heavy atom. The minimum atomic E-state index is 0.106. The van der Waals surface area contributed by atoms with Gasteiger partial charge in [-0.3, -0.25) is 4.79 Å². The summed E-state index contributed by atoms with van der Waals surface area (Å²) in [6.45, 7) is 5.75. The molecule has 0 heterocycles. The Bertz CT molecular complexity index is 578. The van der Waals surface area contributed by atoms with Crippen LogP contribution in [0.4, 0.5) is 5.69 Å². The molecule has 0 aliphatic carbocycles. The first kappa shape index (κ1) is 15.9. The molecular weight excluding hydrogens is 276 g/mol. The van der Waals surface area contributed by atoms with Gasteiger partial charge in [0.2, 0.25) is 5.91 Å². The van der Waals surface area contributed by atoms with E-state index in [-0.39, 0.29) is 5.91 Å². The normalized spacial score (nSPS) is 10.1. The van der Waals surface area contributed by atoms with Gasteiger partial charge in [-0.1, -0.05) is 18.2 Å². The molecule has 4 heteroatoms. The number of benzene rings is 2. The molecule has 0 saturated heterocycles. The average Bonchev–Trinajstić information content (AvgIpc) is 2.56. The van der Waals surface area contributed by atoms with Crippen molar-refractivity contribution in [3.8, 4) is 11.5 Å². The van der Waals surface area contributed by atoms with Gasteiger partial charge in [0.25, 0.3) is 0 Å². The molecule has 2 aromatic carbocycles. The summed E-state index contributed by atoms with van der Waals surface area (Å²) >= 11 is 0. The first-order chi connectivity index (χ1) is 10.7. The number of nitrogens with zero attached hydrogens (tertiary/aromatic N) is 1. The van der Waals surface area contributed by atoms with Crippen molar-refractivity contribution in [1.82, 2.24) is 4.90 Å². The van der Waals surface area contributed by atoms with Crippen molar-refractivity contribution in [1.29, 1.82) is 0 Å². The van der Waals surface area contributed by atoms with Crippen molar-refractivity contribution in [2.75, 3.05) is 25.0 Å². The maximum atomic E-state index is 11.9. The van der Waals surface area contributed by atoms with E-state index >= 15 is 0 Å². The van der Waals surface area contributed by atoms with E-state index in [1.54, 1.807) is 4.90 Å². The molecule has 116 valence electrons. The minimum absolute atomic E-state index is 0.106. The lowest BCUT2D eigenvalue weighted by Crippen LogP contribution is -2.35. The van der Waals surface area contributed by atoms with E-state index in [2.05, 4.69) is 5.32 Å². The second-order valence-electron chi connectivity index (χ2n) is 4.86. The number of carbonyl (C=O) groups excluding carboxylic acids is 1. The molecule has 2 rings (SSSR count). The van der Waals surface area contributed by atoms with Gasteiger partial charge >= 0.3 is 0 Å². The number of anilines is 1. The smallest absolute Gasteiger partial charge is 0.241 e. The number of carbonyl (C=O) groups is 1. The van der Waals surface area contributed by atoms with E-state index in [1.165, 1.54) is 0 Å². The molecule has 0 atom stereocenters. The molecule has 22 heavy (non-hydrogen) atoms. The lowest BCUT2D eigenvalue weighted by molar-refractivity contribution is -0.128. The van der Waals surface area contributed by atoms with Gasteiger partial charge < -0.3 is 15.0 Å². The second-order valence-corrected chi connectivity index (χ2v) is 4.86.